The lowest BCUT2D eigenvalue weighted by Gasteiger charge is -2.29. The zero-order chi connectivity index (χ0) is 22.1. The summed E-state index contributed by atoms with van der Waals surface area (Å²) in [5.74, 6) is 3.31. The summed E-state index contributed by atoms with van der Waals surface area (Å²) in [6, 6.07) is 2.11. The fourth-order valence-electron chi connectivity index (χ4n) is 4.32. The first-order valence-electron chi connectivity index (χ1n) is 11.3. The molecule has 2 aliphatic rings. The van der Waals surface area contributed by atoms with Crippen LogP contribution >= 0.6 is 0 Å². The fraction of sp³-hybridized carbons (Fsp3) is 0.591. The maximum atomic E-state index is 5.81. The van der Waals surface area contributed by atoms with Crippen molar-refractivity contribution in [3.63, 3.8) is 0 Å². The van der Waals surface area contributed by atoms with E-state index in [9.17, 15) is 0 Å². The fourth-order valence-corrected chi connectivity index (χ4v) is 4.32. The van der Waals surface area contributed by atoms with E-state index >= 15 is 0 Å². The Labute approximate surface area is 187 Å². The van der Waals surface area contributed by atoms with Gasteiger partial charge in [-0.3, -0.25) is 4.98 Å². The molecule has 10 heteroatoms. The highest BCUT2D eigenvalue weighted by atomic mass is 16.5. The van der Waals surface area contributed by atoms with Gasteiger partial charge in [0.05, 0.1) is 24.6 Å². The van der Waals surface area contributed by atoms with E-state index < -0.39 is 0 Å². The Kier molecular flexibility index (Phi) is 5.88. The Morgan fingerprint density at radius 1 is 1.00 bits per heavy atom. The largest absolute Gasteiger partial charge is 0.378 e. The van der Waals surface area contributed by atoms with Crippen molar-refractivity contribution in [2.24, 2.45) is 0 Å². The van der Waals surface area contributed by atoms with Gasteiger partial charge in [-0.15, -0.1) is 5.10 Å². The Hall–Kier alpha value is -2.85. The molecule has 5 rings (SSSR count). The number of ether oxygens (including phenoxy) is 2. The van der Waals surface area contributed by atoms with E-state index in [0.29, 0.717) is 12.2 Å². The highest BCUT2D eigenvalue weighted by Crippen LogP contribution is 2.26. The molecule has 3 aromatic rings. The second kappa shape index (κ2) is 8.95. The summed E-state index contributed by atoms with van der Waals surface area (Å²) in [5.41, 5.74) is 2.52. The van der Waals surface area contributed by atoms with Crippen molar-refractivity contribution in [3.05, 3.63) is 35.3 Å². The predicted molar refractivity (Wildman–Crippen MR) is 120 cm³/mol. The van der Waals surface area contributed by atoms with Crippen molar-refractivity contribution in [1.82, 2.24) is 29.5 Å². The van der Waals surface area contributed by atoms with Crippen LogP contribution in [0, 0.1) is 13.8 Å². The SMILES string of the molecule is COC(Cc1nc(N2CCCC2)cc(N2CCOCC2)n1)c1nc2c(C)ncc(C)n2n1. The van der Waals surface area contributed by atoms with E-state index in [0.717, 1.165) is 73.9 Å². The molecule has 0 spiro atoms. The summed E-state index contributed by atoms with van der Waals surface area (Å²) >= 11 is 0. The summed E-state index contributed by atoms with van der Waals surface area (Å²) in [5, 5.41) is 4.70. The molecule has 0 aromatic carbocycles. The zero-order valence-electron chi connectivity index (χ0n) is 19.0. The van der Waals surface area contributed by atoms with Gasteiger partial charge in [-0.05, 0) is 26.7 Å². The Bertz CT molecular complexity index is 1050. The van der Waals surface area contributed by atoms with Gasteiger partial charge in [0.25, 0.3) is 0 Å². The third kappa shape index (κ3) is 4.12. The van der Waals surface area contributed by atoms with E-state index in [1.807, 2.05) is 18.4 Å². The molecule has 0 saturated carbocycles. The van der Waals surface area contributed by atoms with Crippen molar-refractivity contribution in [2.45, 2.75) is 39.2 Å². The first-order valence-corrected chi connectivity index (χ1v) is 11.3. The maximum Gasteiger partial charge on any atom is 0.180 e. The molecule has 2 saturated heterocycles. The summed E-state index contributed by atoms with van der Waals surface area (Å²) in [6.45, 7) is 9.09. The third-order valence-electron chi connectivity index (χ3n) is 6.18. The zero-order valence-corrected chi connectivity index (χ0v) is 19.0. The molecule has 1 atom stereocenters. The van der Waals surface area contributed by atoms with E-state index in [1.54, 1.807) is 13.3 Å². The molecule has 10 nitrogen and oxygen atoms in total. The second-order valence-corrected chi connectivity index (χ2v) is 8.41. The predicted octanol–water partition coefficient (Wildman–Crippen LogP) is 1.90. The van der Waals surface area contributed by atoms with Gasteiger partial charge in [0.2, 0.25) is 0 Å². The molecule has 2 aliphatic heterocycles. The standard InChI is InChI=1S/C22H30N8O2/c1-15-14-23-16(2)22-26-21(27-30(15)22)17(31-3)12-18-24-19(28-6-4-5-7-28)13-20(25-18)29-8-10-32-11-9-29/h13-14,17H,4-12H2,1-3H3. The van der Waals surface area contributed by atoms with E-state index in [4.69, 9.17) is 29.5 Å². The molecule has 0 N–H and O–H groups in total. The number of methoxy groups -OCH3 is 1. The van der Waals surface area contributed by atoms with Gasteiger partial charge in [-0.25, -0.2) is 19.5 Å². The van der Waals surface area contributed by atoms with Crippen LogP contribution in [0.5, 0.6) is 0 Å². The van der Waals surface area contributed by atoms with Crippen LogP contribution < -0.4 is 9.80 Å². The van der Waals surface area contributed by atoms with Crippen LogP contribution in [-0.4, -0.2) is 76.1 Å². The van der Waals surface area contributed by atoms with E-state index in [-0.39, 0.29) is 6.10 Å². The van der Waals surface area contributed by atoms with Gasteiger partial charge in [-0.1, -0.05) is 0 Å². The molecule has 0 radical (unpaired) electrons. The van der Waals surface area contributed by atoms with Gasteiger partial charge >= 0.3 is 0 Å². The van der Waals surface area contributed by atoms with Gasteiger partial charge in [0.15, 0.2) is 11.5 Å². The lowest BCUT2D eigenvalue weighted by atomic mass is 10.2. The molecule has 3 aromatic heterocycles. The molecule has 5 heterocycles. The van der Waals surface area contributed by atoms with Crippen LogP contribution in [0.25, 0.3) is 5.65 Å². The van der Waals surface area contributed by atoms with Crippen LogP contribution in [-0.2, 0) is 15.9 Å². The third-order valence-corrected chi connectivity index (χ3v) is 6.18. The number of aryl methyl sites for hydroxylation is 2. The van der Waals surface area contributed by atoms with Gasteiger partial charge in [0, 0.05) is 52.0 Å². The number of hydrogen-bond acceptors (Lipinski definition) is 9. The normalized spacial score (nSPS) is 18.0. The number of anilines is 2. The molecule has 2 fully saturated rings. The van der Waals surface area contributed by atoms with Crippen molar-refractivity contribution in [1.29, 1.82) is 0 Å². The molecule has 0 bridgehead atoms. The lowest BCUT2D eigenvalue weighted by molar-refractivity contribution is 0.0945. The van der Waals surface area contributed by atoms with Crippen molar-refractivity contribution in [2.75, 3.05) is 56.3 Å². The molecule has 32 heavy (non-hydrogen) atoms. The first kappa shape index (κ1) is 21.0. The van der Waals surface area contributed by atoms with Crippen molar-refractivity contribution >= 4 is 17.3 Å². The number of aromatic nitrogens is 6. The Balaban J connectivity index is 1.47. The average molecular weight is 439 g/mol. The molecular weight excluding hydrogens is 408 g/mol. The van der Waals surface area contributed by atoms with Crippen molar-refractivity contribution < 1.29 is 9.47 Å². The monoisotopic (exact) mass is 438 g/mol. The molecule has 0 amide bonds. The van der Waals surface area contributed by atoms with E-state index in [1.165, 1.54) is 12.8 Å². The molecule has 170 valence electrons. The Morgan fingerprint density at radius 2 is 1.69 bits per heavy atom. The highest BCUT2D eigenvalue weighted by Gasteiger charge is 2.24. The molecule has 0 aliphatic carbocycles. The van der Waals surface area contributed by atoms with E-state index in [2.05, 4.69) is 20.9 Å². The minimum absolute atomic E-state index is 0.347. The van der Waals surface area contributed by atoms with Crippen LogP contribution in [0.15, 0.2) is 12.3 Å². The summed E-state index contributed by atoms with van der Waals surface area (Å²) in [4.78, 5) is 23.6. The number of rotatable bonds is 6. The second-order valence-electron chi connectivity index (χ2n) is 8.41. The summed E-state index contributed by atoms with van der Waals surface area (Å²) in [7, 11) is 1.68. The van der Waals surface area contributed by atoms with Gasteiger partial charge < -0.3 is 19.3 Å². The minimum Gasteiger partial charge on any atom is -0.378 e. The van der Waals surface area contributed by atoms with Crippen LogP contribution in [0.4, 0.5) is 11.6 Å². The minimum atomic E-state index is -0.347. The highest BCUT2D eigenvalue weighted by molar-refractivity contribution is 5.52. The Morgan fingerprint density at radius 3 is 2.34 bits per heavy atom. The molecular formula is C22H30N8O2. The number of nitrogens with zero attached hydrogens (tertiary/aromatic N) is 8. The maximum absolute atomic E-state index is 5.81. The van der Waals surface area contributed by atoms with Crippen LogP contribution in [0.1, 0.15) is 42.0 Å². The number of fused-ring (bicyclic) bond motifs is 1. The molecule has 1 unspecified atom stereocenters. The smallest absolute Gasteiger partial charge is 0.180 e. The van der Waals surface area contributed by atoms with Crippen LogP contribution in [0.3, 0.4) is 0 Å². The number of hydrogen-bond donors (Lipinski definition) is 0. The topological polar surface area (TPSA) is 93.8 Å². The van der Waals surface area contributed by atoms with Crippen LogP contribution in [0.2, 0.25) is 0 Å². The van der Waals surface area contributed by atoms with Crippen molar-refractivity contribution in [3.8, 4) is 0 Å². The quantitative estimate of drug-likeness (QED) is 0.572. The lowest BCUT2D eigenvalue weighted by Crippen LogP contribution is -2.37. The van der Waals surface area contributed by atoms with Gasteiger partial charge in [0.1, 0.15) is 23.6 Å². The number of morpholine rings is 1. The average Bonchev–Trinajstić information content (AvgIpc) is 3.52. The van der Waals surface area contributed by atoms with Gasteiger partial charge in [-0.2, -0.15) is 0 Å². The first-order chi connectivity index (χ1) is 15.6. The summed E-state index contributed by atoms with van der Waals surface area (Å²) in [6.07, 6.45) is 4.35. The summed E-state index contributed by atoms with van der Waals surface area (Å²) < 4.78 is 13.2.